The number of aromatic nitrogens is 1. The van der Waals surface area contributed by atoms with E-state index in [-0.39, 0.29) is 6.04 Å². The highest BCUT2D eigenvalue weighted by molar-refractivity contribution is 7.89. The standard InChI is InChI=1S/C18H18N2O2S2/c1-13-11-14-5-2-8-17(18(14)19-12-13)24(21,22)20-9-3-6-15(20)16-7-4-10-23-16/h2,4-5,7-8,10-12,15H,3,6,9H2,1H3/t15-/m0/s1. The lowest BCUT2D eigenvalue weighted by atomic mass is 10.2. The summed E-state index contributed by atoms with van der Waals surface area (Å²) in [6.07, 6.45) is 3.48. The largest absolute Gasteiger partial charge is 0.255 e. The van der Waals surface area contributed by atoms with Gasteiger partial charge in [-0.25, -0.2) is 8.42 Å². The van der Waals surface area contributed by atoms with Crippen molar-refractivity contribution in [3.63, 3.8) is 0 Å². The molecule has 1 aliphatic rings. The van der Waals surface area contributed by atoms with Gasteiger partial charge in [-0.2, -0.15) is 4.31 Å². The molecule has 0 saturated carbocycles. The van der Waals surface area contributed by atoms with Gasteiger partial charge in [0.1, 0.15) is 4.90 Å². The number of nitrogens with zero attached hydrogens (tertiary/aromatic N) is 2. The SMILES string of the molecule is Cc1cnc2c(S(=O)(=O)N3CCC[C@H]3c3cccs3)cccc2c1. The van der Waals surface area contributed by atoms with E-state index in [0.717, 1.165) is 28.7 Å². The van der Waals surface area contributed by atoms with Crippen LogP contribution >= 0.6 is 11.3 Å². The van der Waals surface area contributed by atoms with E-state index in [1.54, 1.807) is 34.0 Å². The highest BCUT2D eigenvalue weighted by atomic mass is 32.2. The Morgan fingerprint density at radius 3 is 2.92 bits per heavy atom. The fraction of sp³-hybridized carbons (Fsp3) is 0.278. The number of para-hydroxylation sites is 1. The molecule has 124 valence electrons. The average molecular weight is 358 g/mol. The van der Waals surface area contributed by atoms with Crippen LogP contribution in [0.5, 0.6) is 0 Å². The van der Waals surface area contributed by atoms with Gasteiger partial charge in [0.2, 0.25) is 10.0 Å². The Hall–Kier alpha value is -1.76. The summed E-state index contributed by atoms with van der Waals surface area (Å²) in [5.74, 6) is 0. The predicted molar refractivity (Wildman–Crippen MR) is 96.7 cm³/mol. The molecule has 0 aliphatic carbocycles. The van der Waals surface area contributed by atoms with E-state index in [4.69, 9.17) is 0 Å². The molecule has 0 unspecified atom stereocenters. The molecule has 3 heterocycles. The maximum atomic E-state index is 13.3. The van der Waals surface area contributed by atoms with E-state index in [1.807, 2.05) is 36.6 Å². The molecule has 1 fully saturated rings. The van der Waals surface area contributed by atoms with Crippen LogP contribution in [0.1, 0.15) is 29.3 Å². The Kier molecular flexibility index (Phi) is 3.90. The molecule has 0 N–H and O–H groups in total. The molecule has 4 nitrogen and oxygen atoms in total. The van der Waals surface area contributed by atoms with Crippen molar-refractivity contribution >= 4 is 32.3 Å². The number of aryl methyl sites for hydroxylation is 1. The number of fused-ring (bicyclic) bond motifs is 1. The highest BCUT2D eigenvalue weighted by Crippen LogP contribution is 2.39. The topological polar surface area (TPSA) is 50.3 Å². The van der Waals surface area contributed by atoms with Crippen LogP contribution in [0.4, 0.5) is 0 Å². The summed E-state index contributed by atoms with van der Waals surface area (Å²) in [7, 11) is -3.58. The van der Waals surface area contributed by atoms with Gasteiger partial charge in [-0.15, -0.1) is 11.3 Å². The summed E-state index contributed by atoms with van der Waals surface area (Å²) in [6, 6.07) is 11.3. The zero-order valence-electron chi connectivity index (χ0n) is 13.3. The van der Waals surface area contributed by atoms with Gasteiger partial charge in [0, 0.05) is 23.0 Å². The molecule has 6 heteroatoms. The first-order chi connectivity index (χ1) is 11.6. The van der Waals surface area contributed by atoms with Crippen LogP contribution in [-0.4, -0.2) is 24.3 Å². The number of pyridine rings is 1. The Labute approximate surface area is 145 Å². The van der Waals surface area contributed by atoms with E-state index >= 15 is 0 Å². The summed E-state index contributed by atoms with van der Waals surface area (Å²) in [5.41, 5.74) is 1.58. The van der Waals surface area contributed by atoms with Gasteiger partial charge < -0.3 is 0 Å². The van der Waals surface area contributed by atoms with E-state index in [1.165, 1.54) is 0 Å². The zero-order chi connectivity index (χ0) is 16.7. The van der Waals surface area contributed by atoms with E-state index < -0.39 is 10.0 Å². The third-order valence-corrected chi connectivity index (χ3v) is 7.39. The highest BCUT2D eigenvalue weighted by Gasteiger charge is 2.37. The van der Waals surface area contributed by atoms with Gasteiger partial charge >= 0.3 is 0 Å². The maximum absolute atomic E-state index is 13.3. The van der Waals surface area contributed by atoms with Gasteiger partial charge in [-0.3, -0.25) is 4.98 Å². The summed E-state index contributed by atoms with van der Waals surface area (Å²) in [5, 5.41) is 2.86. The van der Waals surface area contributed by atoms with Crippen LogP contribution in [0.15, 0.2) is 52.9 Å². The molecular weight excluding hydrogens is 340 g/mol. The minimum Gasteiger partial charge on any atom is -0.255 e. The number of benzene rings is 1. The first-order valence-electron chi connectivity index (χ1n) is 7.98. The average Bonchev–Trinajstić information content (AvgIpc) is 3.24. The minimum atomic E-state index is -3.58. The van der Waals surface area contributed by atoms with Crippen molar-refractivity contribution in [2.24, 2.45) is 0 Å². The second kappa shape index (κ2) is 5.95. The smallest absolute Gasteiger partial charge is 0.245 e. The predicted octanol–water partition coefficient (Wildman–Crippen LogP) is 4.13. The summed E-state index contributed by atoms with van der Waals surface area (Å²) < 4.78 is 28.3. The van der Waals surface area contributed by atoms with Gasteiger partial charge in [-0.05, 0) is 48.9 Å². The lowest BCUT2D eigenvalue weighted by Crippen LogP contribution is -2.30. The Bertz CT molecular complexity index is 981. The molecular formula is C18H18N2O2S2. The fourth-order valence-corrected chi connectivity index (χ4v) is 6.15. The quantitative estimate of drug-likeness (QED) is 0.707. The second-order valence-corrected chi connectivity index (χ2v) is 8.97. The fourth-order valence-electron chi connectivity index (χ4n) is 3.37. The molecule has 0 radical (unpaired) electrons. The molecule has 1 aliphatic heterocycles. The lowest BCUT2D eigenvalue weighted by molar-refractivity contribution is 0.401. The van der Waals surface area contributed by atoms with Crippen molar-refractivity contribution in [3.8, 4) is 0 Å². The summed E-state index contributed by atoms with van der Waals surface area (Å²) in [4.78, 5) is 5.82. The van der Waals surface area contributed by atoms with Crippen molar-refractivity contribution in [3.05, 3.63) is 58.4 Å². The van der Waals surface area contributed by atoms with Crippen LogP contribution in [0.25, 0.3) is 10.9 Å². The molecule has 4 rings (SSSR count). The van der Waals surface area contributed by atoms with Gasteiger partial charge in [0.15, 0.2) is 0 Å². The number of sulfonamides is 1. The maximum Gasteiger partial charge on any atom is 0.245 e. The summed E-state index contributed by atoms with van der Waals surface area (Å²) in [6.45, 7) is 2.52. The number of hydrogen-bond acceptors (Lipinski definition) is 4. The van der Waals surface area contributed by atoms with Crippen molar-refractivity contribution < 1.29 is 8.42 Å². The number of hydrogen-bond donors (Lipinski definition) is 0. The van der Waals surface area contributed by atoms with Crippen molar-refractivity contribution in [2.45, 2.75) is 30.7 Å². The van der Waals surface area contributed by atoms with Crippen LogP contribution < -0.4 is 0 Å². The molecule has 3 aromatic rings. The van der Waals surface area contributed by atoms with Crippen LogP contribution in [0.2, 0.25) is 0 Å². The van der Waals surface area contributed by atoms with Gasteiger partial charge in [-0.1, -0.05) is 18.2 Å². The molecule has 1 saturated heterocycles. The first-order valence-corrected chi connectivity index (χ1v) is 10.3. The normalized spacial score (nSPS) is 19.1. The van der Waals surface area contributed by atoms with Crippen LogP contribution in [0.3, 0.4) is 0 Å². The molecule has 1 aromatic carbocycles. The lowest BCUT2D eigenvalue weighted by Gasteiger charge is -2.23. The van der Waals surface area contributed by atoms with E-state index in [2.05, 4.69) is 4.98 Å². The molecule has 0 spiro atoms. The monoisotopic (exact) mass is 358 g/mol. The minimum absolute atomic E-state index is 0.0595. The van der Waals surface area contributed by atoms with Gasteiger partial charge in [0.05, 0.1) is 11.6 Å². The zero-order valence-corrected chi connectivity index (χ0v) is 15.0. The van der Waals surface area contributed by atoms with Gasteiger partial charge in [0.25, 0.3) is 0 Å². The van der Waals surface area contributed by atoms with Crippen LogP contribution in [0, 0.1) is 6.92 Å². The van der Waals surface area contributed by atoms with E-state index in [9.17, 15) is 8.42 Å². The second-order valence-electron chi connectivity index (χ2n) is 6.13. The molecule has 1 atom stereocenters. The Morgan fingerprint density at radius 2 is 2.12 bits per heavy atom. The number of rotatable bonds is 3. The number of thiophene rings is 1. The third-order valence-electron chi connectivity index (χ3n) is 4.47. The molecule has 24 heavy (non-hydrogen) atoms. The third kappa shape index (κ3) is 2.55. The molecule has 0 bridgehead atoms. The van der Waals surface area contributed by atoms with E-state index in [0.29, 0.717) is 17.0 Å². The Balaban J connectivity index is 1.83. The first kappa shape index (κ1) is 15.7. The molecule has 2 aromatic heterocycles. The van der Waals surface area contributed by atoms with Crippen LogP contribution in [-0.2, 0) is 10.0 Å². The van der Waals surface area contributed by atoms with Crippen molar-refractivity contribution in [2.75, 3.05) is 6.54 Å². The van der Waals surface area contributed by atoms with Crippen molar-refractivity contribution in [1.82, 2.24) is 9.29 Å². The van der Waals surface area contributed by atoms with Crippen molar-refractivity contribution in [1.29, 1.82) is 0 Å². The molecule has 0 amide bonds. The summed E-state index contributed by atoms with van der Waals surface area (Å²) >= 11 is 1.62. The Morgan fingerprint density at radius 1 is 1.25 bits per heavy atom.